The van der Waals surface area contributed by atoms with Gasteiger partial charge in [0.05, 0.1) is 12.8 Å². The van der Waals surface area contributed by atoms with Crippen molar-refractivity contribution in [2.45, 2.75) is 18.6 Å². The molecule has 2 aromatic carbocycles. The molecular weight excluding hydrogens is 456 g/mol. The average Bonchev–Trinajstić information content (AvgIpc) is 3.07. The van der Waals surface area contributed by atoms with Crippen molar-refractivity contribution in [3.8, 4) is 5.75 Å². The fourth-order valence-electron chi connectivity index (χ4n) is 2.51. The van der Waals surface area contributed by atoms with Crippen LogP contribution in [0.4, 0.5) is 5.69 Å². The number of anilines is 1. The van der Waals surface area contributed by atoms with Crippen LogP contribution in [0.3, 0.4) is 0 Å². The van der Waals surface area contributed by atoms with Crippen molar-refractivity contribution in [1.29, 1.82) is 0 Å². The van der Waals surface area contributed by atoms with Gasteiger partial charge in [-0.15, -0.1) is 5.10 Å². The molecule has 2 N–H and O–H groups in total. The van der Waals surface area contributed by atoms with Crippen LogP contribution >= 0.6 is 27.7 Å². The standard InChI is InChI=1S/C20H19BrN4O3S/c1-12(13-3-9-16(28-2)10-4-13)24-25-20-23-19(27)17(29-20)11-18(26)22-15-7-5-14(21)6-8-15/h3-10,17H,11H2,1-2H3,(H,22,26)(H,23,25,27)/b24-12-. The van der Waals surface area contributed by atoms with Gasteiger partial charge in [-0.05, 0) is 61.0 Å². The number of benzene rings is 2. The molecule has 1 aliphatic rings. The Labute approximate surface area is 181 Å². The molecule has 29 heavy (non-hydrogen) atoms. The van der Waals surface area contributed by atoms with E-state index in [0.717, 1.165) is 15.8 Å². The third-order valence-electron chi connectivity index (χ3n) is 4.07. The first-order chi connectivity index (χ1) is 13.9. The molecule has 0 radical (unpaired) electrons. The molecule has 2 amide bonds. The van der Waals surface area contributed by atoms with E-state index in [1.165, 1.54) is 11.8 Å². The smallest absolute Gasteiger partial charge is 0.240 e. The van der Waals surface area contributed by atoms with Gasteiger partial charge in [-0.3, -0.25) is 9.59 Å². The highest BCUT2D eigenvalue weighted by Crippen LogP contribution is 2.23. The Morgan fingerprint density at radius 3 is 2.55 bits per heavy atom. The summed E-state index contributed by atoms with van der Waals surface area (Å²) in [5.74, 6) is 0.270. The number of ether oxygens (including phenoxy) is 1. The van der Waals surface area contributed by atoms with Crippen molar-refractivity contribution in [3.63, 3.8) is 0 Å². The summed E-state index contributed by atoms with van der Waals surface area (Å²) in [6, 6.07) is 14.7. The number of nitrogens with zero attached hydrogens (tertiary/aromatic N) is 2. The van der Waals surface area contributed by atoms with Gasteiger partial charge in [0.25, 0.3) is 0 Å². The van der Waals surface area contributed by atoms with Crippen molar-refractivity contribution in [1.82, 2.24) is 5.32 Å². The third-order valence-corrected chi connectivity index (χ3v) is 5.67. The van der Waals surface area contributed by atoms with Crippen LogP contribution in [-0.2, 0) is 9.59 Å². The van der Waals surface area contributed by atoms with E-state index in [0.29, 0.717) is 16.6 Å². The third kappa shape index (κ3) is 5.91. The fourth-order valence-corrected chi connectivity index (χ4v) is 3.69. The van der Waals surface area contributed by atoms with E-state index >= 15 is 0 Å². The van der Waals surface area contributed by atoms with E-state index < -0.39 is 5.25 Å². The lowest BCUT2D eigenvalue weighted by Gasteiger charge is -2.07. The van der Waals surface area contributed by atoms with Crippen molar-refractivity contribution in [2.75, 3.05) is 12.4 Å². The second-order valence-corrected chi connectivity index (χ2v) is 8.28. The molecule has 1 heterocycles. The minimum atomic E-state index is -0.541. The van der Waals surface area contributed by atoms with Crippen LogP contribution < -0.4 is 15.4 Å². The molecule has 0 spiro atoms. The van der Waals surface area contributed by atoms with Gasteiger partial charge in [0.1, 0.15) is 11.0 Å². The molecule has 3 rings (SSSR count). The number of thioether (sulfide) groups is 1. The van der Waals surface area contributed by atoms with Crippen molar-refractivity contribution in [3.05, 3.63) is 58.6 Å². The Morgan fingerprint density at radius 1 is 1.21 bits per heavy atom. The maximum atomic E-state index is 12.2. The second kappa shape index (κ2) is 9.71. The molecule has 1 atom stereocenters. The summed E-state index contributed by atoms with van der Waals surface area (Å²) < 4.78 is 6.06. The van der Waals surface area contributed by atoms with Gasteiger partial charge in [0.2, 0.25) is 11.8 Å². The molecule has 2 aromatic rings. The molecule has 0 aliphatic carbocycles. The Balaban J connectivity index is 1.58. The highest BCUT2D eigenvalue weighted by Gasteiger charge is 2.32. The predicted molar refractivity (Wildman–Crippen MR) is 120 cm³/mol. The highest BCUT2D eigenvalue weighted by atomic mass is 79.9. The first-order valence-electron chi connectivity index (χ1n) is 8.74. The summed E-state index contributed by atoms with van der Waals surface area (Å²) >= 11 is 4.54. The van der Waals surface area contributed by atoms with Gasteiger partial charge in [-0.2, -0.15) is 5.10 Å². The quantitative estimate of drug-likeness (QED) is 0.491. The monoisotopic (exact) mass is 474 g/mol. The first kappa shape index (κ1) is 21.1. The van der Waals surface area contributed by atoms with Crippen LogP contribution in [-0.4, -0.2) is 35.1 Å². The van der Waals surface area contributed by atoms with Crippen LogP contribution in [0.25, 0.3) is 0 Å². The number of methoxy groups -OCH3 is 1. The lowest BCUT2D eigenvalue weighted by Crippen LogP contribution is -2.28. The Kier molecular flexibility index (Phi) is 7.05. The lowest BCUT2D eigenvalue weighted by molar-refractivity contribution is -0.122. The Morgan fingerprint density at radius 2 is 1.90 bits per heavy atom. The maximum absolute atomic E-state index is 12.2. The predicted octanol–water partition coefficient (Wildman–Crippen LogP) is 3.80. The number of amides is 2. The van der Waals surface area contributed by atoms with Gasteiger partial charge >= 0.3 is 0 Å². The zero-order valence-electron chi connectivity index (χ0n) is 15.8. The van der Waals surface area contributed by atoms with E-state index in [2.05, 4.69) is 36.8 Å². The van der Waals surface area contributed by atoms with Gasteiger partial charge in [-0.1, -0.05) is 27.7 Å². The van der Waals surface area contributed by atoms with Crippen molar-refractivity contribution in [2.24, 2.45) is 10.2 Å². The molecule has 9 heteroatoms. The number of hydrogen-bond donors (Lipinski definition) is 2. The first-order valence-corrected chi connectivity index (χ1v) is 10.4. The molecule has 0 saturated carbocycles. The summed E-state index contributed by atoms with van der Waals surface area (Å²) in [5.41, 5.74) is 2.27. The van der Waals surface area contributed by atoms with E-state index in [4.69, 9.17) is 4.74 Å². The number of nitrogens with one attached hydrogen (secondary N) is 2. The zero-order chi connectivity index (χ0) is 20.8. The van der Waals surface area contributed by atoms with E-state index in [1.54, 1.807) is 19.2 Å². The molecule has 1 fully saturated rings. The Bertz CT molecular complexity index is 959. The number of carbonyl (C=O) groups is 2. The highest BCUT2D eigenvalue weighted by molar-refractivity contribution is 9.10. The molecule has 0 aromatic heterocycles. The maximum Gasteiger partial charge on any atom is 0.240 e. The summed E-state index contributed by atoms with van der Waals surface area (Å²) in [7, 11) is 1.61. The number of rotatable bonds is 6. The largest absolute Gasteiger partial charge is 0.497 e. The normalized spacial score (nSPS) is 17.9. The van der Waals surface area contributed by atoms with Crippen LogP contribution in [0.1, 0.15) is 18.9 Å². The molecule has 1 aliphatic heterocycles. The van der Waals surface area contributed by atoms with Gasteiger partial charge in [0.15, 0.2) is 5.17 Å². The minimum absolute atomic E-state index is 0.0484. The molecule has 1 saturated heterocycles. The summed E-state index contributed by atoms with van der Waals surface area (Å²) in [5, 5.41) is 13.6. The van der Waals surface area contributed by atoms with Gasteiger partial charge < -0.3 is 15.4 Å². The zero-order valence-corrected chi connectivity index (χ0v) is 18.2. The van der Waals surface area contributed by atoms with Crippen LogP contribution in [0.15, 0.2) is 63.2 Å². The topological polar surface area (TPSA) is 92.2 Å². The SMILES string of the molecule is COc1ccc(/C(C)=N\N=C2/NC(=O)C(CC(=O)Nc3ccc(Br)cc3)S2)cc1. The molecular formula is C20H19BrN4O3S. The molecule has 1 unspecified atom stereocenters. The summed E-state index contributed by atoms with van der Waals surface area (Å²) in [4.78, 5) is 24.4. The van der Waals surface area contributed by atoms with Crippen LogP contribution in [0.5, 0.6) is 5.75 Å². The average molecular weight is 475 g/mol. The number of carbonyl (C=O) groups excluding carboxylic acids is 2. The summed E-state index contributed by atoms with van der Waals surface area (Å²) in [6.07, 6.45) is 0.0484. The summed E-state index contributed by atoms with van der Waals surface area (Å²) in [6.45, 7) is 1.83. The number of hydrogen-bond acceptors (Lipinski definition) is 6. The molecule has 150 valence electrons. The van der Waals surface area contributed by atoms with Crippen molar-refractivity contribution < 1.29 is 14.3 Å². The second-order valence-electron chi connectivity index (χ2n) is 6.17. The Hall–Kier alpha value is -2.65. The number of amidine groups is 1. The van der Waals surface area contributed by atoms with E-state index in [9.17, 15) is 9.59 Å². The van der Waals surface area contributed by atoms with Crippen LogP contribution in [0, 0.1) is 0 Å². The van der Waals surface area contributed by atoms with Crippen molar-refractivity contribution >= 4 is 56.1 Å². The van der Waals surface area contributed by atoms with Gasteiger partial charge in [0, 0.05) is 16.6 Å². The van der Waals surface area contributed by atoms with E-state index in [-0.39, 0.29) is 18.2 Å². The molecule has 0 bridgehead atoms. The van der Waals surface area contributed by atoms with Crippen LogP contribution in [0.2, 0.25) is 0 Å². The van der Waals surface area contributed by atoms with E-state index in [1.807, 2.05) is 43.3 Å². The lowest BCUT2D eigenvalue weighted by atomic mass is 10.1. The molecule has 7 nitrogen and oxygen atoms in total. The number of halogens is 1. The van der Waals surface area contributed by atoms with Gasteiger partial charge in [-0.25, -0.2) is 0 Å². The fraction of sp³-hybridized carbons (Fsp3) is 0.200. The minimum Gasteiger partial charge on any atom is -0.497 e.